The number of para-hydroxylation sites is 1. The Bertz CT molecular complexity index is 1340. The molecule has 164 valence electrons. The molecule has 2 N–H and O–H groups in total. The molecule has 0 radical (unpaired) electrons. The van der Waals surface area contributed by atoms with Crippen molar-refractivity contribution in [3.05, 3.63) is 63.9 Å². The molecule has 32 heavy (non-hydrogen) atoms. The number of carbonyl (C=O) groups is 1. The third kappa shape index (κ3) is 4.13. The average Bonchev–Trinajstić information content (AvgIpc) is 3.45. The van der Waals surface area contributed by atoms with Gasteiger partial charge in [-0.1, -0.05) is 41.6 Å². The van der Waals surface area contributed by atoms with Crippen molar-refractivity contribution in [2.75, 3.05) is 18.9 Å². The predicted molar refractivity (Wildman–Crippen MR) is 127 cm³/mol. The minimum absolute atomic E-state index is 0.0805. The van der Waals surface area contributed by atoms with E-state index in [0.717, 1.165) is 30.4 Å². The molecule has 1 amide bonds. The van der Waals surface area contributed by atoms with Crippen molar-refractivity contribution >= 4 is 51.2 Å². The van der Waals surface area contributed by atoms with Crippen LogP contribution in [-0.4, -0.2) is 45.5 Å². The second-order valence-electron chi connectivity index (χ2n) is 7.63. The number of carbonyl (C=O) groups excluding carboxylic acids is 1. The highest BCUT2D eigenvalue weighted by Crippen LogP contribution is 2.26. The first kappa shape index (κ1) is 21.1. The van der Waals surface area contributed by atoms with E-state index in [4.69, 9.17) is 21.3 Å². The zero-order valence-corrected chi connectivity index (χ0v) is 18.7. The molecule has 1 aliphatic heterocycles. The van der Waals surface area contributed by atoms with Crippen molar-refractivity contribution in [3.8, 4) is 5.69 Å². The number of benzene rings is 2. The van der Waals surface area contributed by atoms with E-state index >= 15 is 0 Å². The summed E-state index contributed by atoms with van der Waals surface area (Å²) in [6.07, 6.45) is 2.07. The van der Waals surface area contributed by atoms with E-state index in [0.29, 0.717) is 33.4 Å². The van der Waals surface area contributed by atoms with Gasteiger partial charge in [0.25, 0.3) is 5.56 Å². The molecule has 1 fully saturated rings. The lowest BCUT2D eigenvalue weighted by Gasteiger charge is -2.13. The highest BCUT2D eigenvalue weighted by Gasteiger charge is 2.19. The molecule has 1 aliphatic rings. The van der Waals surface area contributed by atoms with Crippen molar-refractivity contribution in [2.45, 2.75) is 24.1 Å². The number of ether oxygens (including phenoxy) is 1. The Morgan fingerprint density at radius 1 is 1.25 bits per heavy atom. The Morgan fingerprint density at radius 3 is 2.84 bits per heavy atom. The number of nitrogens with zero attached hydrogens (tertiary/aromatic N) is 2. The lowest BCUT2D eigenvalue weighted by atomic mass is 10.2. The predicted octanol–water partition coefficient (Wildman–Crippen LogP) is 3.91. The summed E-state index contributed by atoms with van der Waals surface area (Å²) in [4.78, 5) is 33.9. The molecular formula is C23H21ClN4O3S. The molecule has 9 heteroatoms. The molecule has 2 aromatic carbocycles. The van der Waals surface area contributed by atoms with Gasteiger partial charge < -0.3 is 15.0 Å². The minimum atomic E-state index is -0.226. The molecular weight excluding hydrogens is 448 g/mol. The standard InChI is InChI=1S/C23H21ClN4O3S/c24-14-7-9-15(10-8-14)28-22(30)21-20(17-5-1-2-6-18(17)26-21)27-23(28)32-13-19(29)25-12-16-4-3-11-31-16/h1-2,5-10,16,26H,3-4,11-13H2,(H,25,29). The van der Waals surface area contributed by atoms with Crippen LogP contribution in [0.1, 0.15) is 12.8 Å². The number of halogens is 1. The van der Waals surface area contributed by atoms with Gasteiger partial charge in [0.15, 0.2) is 5.16 Å². The largest absolute Gasteiger partial charge is 0.376 e. The maximum absolute atomic E-state index is 13.5. The number of rotatable bonds is 6. The van der Waals surface area contributed by atoms with Crippen LogP contribution >= 0.6 is 23.4 Å². The van der Waals surface area contributed by atoms with E-state index in [9.17, 15) is 9.59 Å². The molecule has 0 saturated carbocycles. The number of aromatic amines is 1. The second kappa shape index (κ2) is 8.97. The van der Waals surface area contributed by atoms with E-state index in [2.05, 4.69) is 10.3 Å². The Morgan fingerprint density at radius 2 is 2.06 bits per heavy atom. The summed E-state index contributed by atoms with van der Waals surface area (Å²) < 4.78 is 7.07. The smallest absolute Gasteiger partial charge is 0.283 e. The van der Waals surface area contributed by atoms with Crippen LogP contribution in [0.5, 0.6) is 0 Å². The van der Waals surface area contributed by atoms with Crippen molar-refractivity contribution in [2.24, 2.45) is 0 Å². The SMILES string of the molecule is O=C(CSc1nc2c([nH]c3ccccc32)c(=O)n1-c1ccc(Cl)cc1)NCC1CCCO1. The molecule has 7 nitrogen and oxygen atoms in total. The Balaban J connectivity index is 1.50. The lowest BCUT2D eigenvalue weighted by molar-refractivity contribution is -0.119. The van der Waals surface area contributed by atoms with Gasteiger partial charge in [-0.25, -0.2) is 4.98 Å². The van der Waals surface area contributed by atoms with Gasteiger partial charge >= 0.3 is 0 Å². The van der Waals surface area contributed by atoms with Gasteiger partial charge in [-0.2, -0.15) is 0 Å². The molecule has 1 unspecified atom stereocenters. The van der Waals surface area contributed by atoms with Crippen LogP contribution in [-0.2, 0) is 9.53 Å². The first-order valence-electron chi connectivity index (χ1n) is 10.4. The van der Waals surface area contributed by atoms with E-state index in [-0.39, 0.29) is 23.3 Å². The normalized spacial score (nSPS) is 16.1. The summed E-state index contributed by atoms with van der Waals surface area (Å²) in [5.74, 6) is 0.0158. The highest BCUT2D eigenvalue weighted by molar-refractivity contribution is 7.99. The van der Waals surface area contributed by atoms with E-state index < -0.39 is 0 Å². The van der Waals surface area contributed by atoms with Crippen LogP contribution in [0.3, 0.4) is 0 Å². The molecule has 1 atom stereocenters. The average molecular weight is 469 g/mol. The number of amides is 1. The third-order valence-corrected chi connectivity index (χ3v) is 6.65. The topological polar surface area (TPSA) is 89.0 Å². The first-order valence-corrected chi connectivity index (χ1v) is 11.8. The Kier molecular flexibility index (Phi) is 5.91. The summed E-state index contributed by atoms with van der Waals surface area (Å²) in [7, 11) is 0. The van der Waals surface area contributed by atoms with Gasteiger partial charge in [0.1, 0.15) is 11.0 Å². The number of nitrogens with one attached hydrogen (secondary N) is 2. The van der Waals surface area contributed by atoms with Crippen molar-refractivity contribution < 1.29 is 9.53 Å². The van der Waals surface area contributed by atoms with Gasteiger partial charge in [0, 0.05) is 29.1 Å². The molecule has 0 spiro atoms. The van der Waals surface area contributed by atoms with Gasteiger partial charge in [-0.05, 0) is 43.2 Å². The van der Waals surface area contributed by atoms with E-state index in [1.165, 1.54) is 16.3 Å². The highest BCUT2D eigenvalue weighted by atomic mass is 35.5. The summed E-state index contributed by atoms with van der Waals surface area (Å²) in [5, 5.41) is 4.80. The van der Waals surface area contributed by atoms with Gasteiger partial charge in [0.2, 0.25) is 5.91 Å². The number of H-pyrrole nitrogens is 1. The second-order valence-corrected chi connectivity index (χ2v) is 9.01. The van der Waals surface area contributed by atoms with E-state index in [1.54, 1.807) is 24.3 Å². The van der Waals surface area contributed by atoms with Crippen LogP contribution in [0.2, 0.25) is 5.02 Å². The number of thioether (sulfide) groups is 1. The van der Waals surface area contributed by atoms with E-state index in [1.807, 2.05) is 24.3 Å². The maximum atomic E-state index is 13.5. The number of hydrogen-bond acceptors (Lipinski definition) is 5. The van der Waals surface area contributed by atoms with Crippen LogP contribution < -0.4 is 10.9 Å². The van der Waals surface area contributed by atoms with Crippen LogP contribution in [0.4, 0.5) is 0 Å². The zero-order chi connectivity index (χ0) is 22.1. The molecule has 0 aliphatic carbocycles. The molecule has 4 aromatic rings. The summed E-state index contributed by atoms with van der Waals surface area (Å²) >= 11 is 7.27. The molecule has 5 rings (SSSR count). The van der Waals surface area contributed by atoms with Gasteiger partial charge in [-0.15, -0.1) is 0 Å². The molecule has 3 heterocycles. The third-order valence-electron chi connectivity index (χ3n) is 5.46. The van der Waals surface area contributed by atoms with Gasteiger partial charge in [0.05, 0.1) is 17.5 Å². The zero-order valence-electron chi connectivity index (χ0n) is 17.1. The number of fused-ring (bicyclic) bond motifs is 3. The molecule has 2 aromatic heterocycles. The molecule has 1 saturated heterocycles. The maximum Gasteiger partial charge on any atom is 0.283 e. The summed E-state index contributed by atoms with van der Waals surface area (Å²) in [5.41, 5.74) is 2.27. The van der Waals surface area contributed by atoms with Crippen LogP contribution in [0.15, 0.2) is 58.5 Å². The Hall–Kier alpha value is -2.81. The number of hydrogen-bond donors (Lipinski definition) is 2. The van der Waals surface area contributed by atoms with Crippen molar-refractivity contribution in [3.63, 3.8) is 0 Å². The molecule has 0 bridgehead atoms. The lowest BCUT2D eigenvalue weighted by Crippen LogP contribution is -2.33. The Labute approximate surface area is 193 Å². The van der Waals surface area contributed by atoms with Crippen LogP contribution in [0, 0.1) is 0 Å². The first-order chi connectivity index (χ1) is 15.6. The van der Waals surface area contributed by atoms with Crippen molar-refractivity contribution in [1.82, 2.24) is 19.9 Å². The van der Waals surface area contributed by atoms with Gasteiger partial charge in [-0.3, -0.25) is 14.2 Å². The fourth-order valence-corrected chi connectivity index (χ4v) is 4.83. The minimum Gasteiger partial charge on any atom is -0.376 e. The summed E-state index contributed by atoms with van der Waals surface area (Å²) in [6.45, 7) is 1.25. The number of aromatic nitrogens is 3. The fraction of sp³-hybridized carbons (Fsp3) is 0.261. The van der Waals surface area contributed by atoms with Crippen LogP contribution in [0.25, 0.3) is 27.6 Å². The monoisotopic (exact) mass is 468 g/mol. The summed E-state index contributed by atoms with van der Waals surface area (Å²) in [6, 6.07) is 14.6. The quantitative estimate of drug-likeness (QED) is 0.331. The fourth-order valence-electron chi connectivity index (χ4n) is 3.87. The van der Waals surface area contributed by atoms with Crippen molar-refractivity contribution in [1.29, 1.82) is 0 Å².